The van der Waals surface area contributed by atoms with Crippen molar-refractivity contribution in [2.75, 3.05) is 40.0 Å². The lowest BCUT2D eigenvalue weighted by Crippen LogP contribution is -2.43. The maximum absolute atomic E-state index is 12.9. The second-order valence-corrected chi connectivity index (χ2v) is 8.08. The molecule has 168 valence electrons. The van der Waals surface area contributed by atoms with Crippen molar-refractivity contribution in [1.29, 1.82) is 0 Å². The molecule has 1 aliphatic rings. The van der Waals surface area contributed by atoms with E-state index in [-0.39, 0.29) is 17.2 Å². The quantitative estimate of drug-likeness (QED) is 0.639. The van der Waals surface area contributed by atoms with Crippen molar-refractivity contribution in [3.8, 4) is 5.75 Å². The van der Waals surface area contributed by atoms with E-state index in [0.29, 0.717) is 30.7 Å². The fraction of sp³-hybridized carbons (Fsp3) is 0.360. The predicted octanol–water partition coefficient (Wildman–Crippen LogP) is 3.22. The molecule has 7 nitrogen and oxygen atoms in total. The first-order valence-corrected chi connectivity index (χ1v) is 10.8. The average Bonchev–Trinajstić information content (AvgIpc) is 2.80. The van der Waals surface area contributed by atoms with Gasteiger partial charge in [-0.1, -0.05) is 18.2 Å². The van der Waals surface area contributed by atoms with Gasteiger partial charge in [-0.15, -0.1) is 0 Å². The first-order chi connectivity index (χ1) is 15.5. The molecule has 0 bridgehead atoms. The van der Waals surface area contributed by atoms with Gasteiger partial charge in [0.25, 0.3) is 5.91 Å². The summed E-state index contributed by atoms with van der Waals surface area (Å²) in [7, 11) is 1.63. The van der Waals surface area contributed by atoms with Crippen molar-refractivity contribution in [1.82, 2.24) is 10.2 Å². The lowest BCUT2D eigenvalue weighted by molar-refractivity contribution is 0.0161. The summed E-state index contributed by atoms with van der Waals surface area (Å²) in [4.78, 5) is 27.8. The van der Waals surface area contributed by atoms with Crippen LogP contribution in [0.4, 0.5) is 0 Å². The van der Waals surface area contributed by atoms with E-state index in [1.165, 1.54) is 6.07 Å². The first-order valence-electron chi connectivity index (χ1n) is 10.8. The number of aryl methyl sites for hydroxylation is 2. The van der Waals surface area contributed by atoms with Crippen LogP contribution in [-0.4, -0.2) is 50.8 Å². The van der Waals surface area contributed by atoms with Crippen molar-refractivity contribution >= 4 is 16.9 Å². The number of nitrogens with one attached hydrogen (secondary N) is 1. The van der Waals surface area contributed by atoms with Crippen molar-refractivity contribution in [3.63, 3.8) is 0 Å². The van der Waals surface area contributed by atoms with Gasteiger partial charge in [-0.25, -0.2) is 0 Å². The summed E-state index contributed by atoms with van der Waals surface area (Å²) in [5.74, 6) is 0.391. The van der Waals surface area contributed by atoms with E-state index in [9.17, 15) is 9.59 Å². The number of nitrogens with zero attached hydrogens (tertiary/aromatic N) is 1. The Morgan fingerprint density at radius 1 is 1.12 bits per heavy atom. The molecule has 1 aliphatic heterocycles. The molecule has 0 radical (unpaired) electrons. The minimum absolute atomic E-state index is 0.0184. The Morgan fingerprint density at radius 3 is 2.53 bits per heavy atom. The van der Waals surface area contributed by atoms with Crippen LogP contribution < -0.4 is 15.5 Å². The highest BCUT2D eigenvalue weighted by atomic mass is 16.5. The second-order valence-electron chi connectivity index (χ2n) is 8.08. The summed E-state index contributed by atoms with van der Waals surface area (Å²) in [6.45, 7) is 7.03. The Kier molecular flexibility index (Phi) is 6.58. The summed E-state index contributed by atoms with van der Waals surface area (Å²) in [6.07, 6.45) is 0. The molecule has 0 aliphatic carbocycles. The van der Waals surface area contributed by atoms with Gasteiger partial charge < -0.3 is 19.2 Å². The summed E-state index contributed by atoms with van der Waals surface area (Å²) in [6, 6.07) is 12.8. The molecular formula is C25H28N2O5. The van der Waals surface area contributed by atoms with Crippen LogP contribution >= 0.6 is 0 Å². The van der Waals surface area contributed by atoms with Gasteiger partial charge >= 0.3 is 0 Å². The number of amides is 1. The number of hydrogen-bond acceptors (Lipinski definition) is 6. The van der Waals surface area contributed by atoms with Crippen molar-refractivity contribution in [2.45, 2.75) is 19.9 Å². The zero-order chi connectivity index (χ0) is 22.7. The zero-order valence-electron chi connectivity index (χ0n) is 18.6. The monoisotopic (exact) mass is 436 g/mol. The van der Waals surface area contributed by atoms with Gasteiger partial charge in [0.2, 0.25) is 0 Å². The molecule has 2 heterocycles. The number of hydrogen-bond donors (Lipinski definition) is 1. The van der Waals surface area contributed by atoms with E-state index in [1.54, 1.807) is 13.2 Å². The summed E-state index contributed by atoms with van der Waals surface area (Å²) in [5.41, 5.74) is 3.11. The van der Waals surface area contributed by atoms with E-state index in [1.807, 2.05) is 44.2 Å². The first kappa shape index (κ1) is 22.0. The highest BCUT2D eigenvalue weighted by Crippen LogP contribution is 2.24. The molecule has 7 heteroatoms. The zero-order valence-corrected chi connectivity index (χ0v) is 18.6. The Hall–Kier alpha value is -3.16. The number of carbonyl (C=O) groups excluding carboxylic acids is 1. The normalized spacial score (nSPS) is 15.5. The topological polar surface area (TPSA) is 81.0 Å². The number of ether oxygens (including phenoxy) is 2. The number of fused-ring (bicyclic) bond motifs is 1. The largest absolute Gasteiger partial charge is 0.497 e. The molecule has 1 saturated heterocycles. The minimum atomic E-state index is -0.407. The SMILES string of the molecule is COc1ccc([C@@H](CNC(=O)c2cc(=O)c3cc(C)cc(C)c3o2)N2CCOCC2)cc1. The maximum Gasteiger partial charge on any atom is 0.287 e. The van der Waals surface area contributed by atoms with Crippen LogP contribution in [0.15, 0.2) is 51.7 Å². The second kappa shape index (κ2) is 9.54. The van der Waals surface area contributed by atoms with Gasteiger partial charge in [0.1, 0.15) is 11.3 Å². The highest BCUT2D eigenvalue weighted by molar-refractivity contribution is 5.93. The van der Waals surface area contributed by atoms with E-state index >= 15 is 0 Å². The Morgan fingerprint density at radius 2 is 1.84 bits per heavy atom. The van der Waals surface area contributed by atoms with Crippen LogP contribution in [0.25, 0.3) is 11.0 Å². The molecule has 0 spiro atoms. The van der Waals surface area contributed by atoms with E-state index in [0.717, 1.165) is 35.5 Å². The molecule has 1 amide bonds. The molecule has 1 N–H and O–H groups in total. The fourth-order valence-corrected chi connectivity index (χ4v) is 4.17. The predicted molar refractivity (Wildman–Crippen MR) is 122 cm³/mol. The smallest absolute Gasteiger partial charge is 0.287 e. The van der Waals surface area contributed by atoms with E-state index in [4.69, 9.17) is 13.9 Å². The van der Waals surface area contributed by atoms with Gasteiger partial charge in [0.15, 0.2) is 11.2 Å². The standard InChI is InChI=1S/C25H28N2O5/c1-16-12-17(2)24-20(13-16)22(28)14-23(32-24)25(29)26-15-21(27-8-10-31-11-9-27)18-4-6-19(30-3)7-5-18/h4-7,12-14,21H,8-11,15H2,1-3H3,(H,26,29)/t21-/m1/s1. The third-order valence-corrected chi connectivity index (χ3v) is 5.83. The number of rotatable bonds is 6. The molecule has 32 heavy (non-hydrogen) atoms. The minimum Gasteiger partial charge on any atom is -0.497 e. The van der Waals surface area contributed by atoms with Gasteiger partial charge in [0, 0.05) is 25.7 Å². The Balaban J connectivity index is 1.57. The molecule has 4 rings (SSSR count). The molecule has 2 aromatic carbocycles. The molecule has 3 aromatic rings. The van der Waals surface area contributed by atoms with Gasteiger partial charge in [-0.2, -0.15) is 0 Å². The molecular weight excluding hydrogens is 408 g/mol. The van der Waals surface area contributed by atoms with Gasteiger partial charge in [-0.3, -0.25) is 14.5 Å². The fourth-order valence-electron chi connectivity index (χ4n) is 4.17. The highest BCUT2D eigenvalue weighted by Gasteiger charge is 2.24. The maximum atomic E-state index is 12.9. The van der Waals surface area contributed by atoms with Crippen LogP contribution in [0.1, 0.15) is 33.3 Å². The average molecular weight is 437 g/mol. The van der Waals surface area contributed by atoms with Crippen LogP contribution in [0.5, 0.6) is 5.75 Å². The lowest BCUT2D eigenvalue weighted by atomic mass is 10.0. The van der Waals surface area contributed by atoms with Crippen molar-refractivity contribution in [2.24, 2.45) is 0 Å². The van der Waals surface area contributed by atoms with Gasteiger partial charge in [0.05, 0.1) is 31.8 Å². The van der Waals surface area contributed by atoms with E-state index in [2.05, 4.69) is 10.2 Å². The molecule has 1 aromatic heterocycles. The molecule has 1 fully saturated rings. The van der Waals surface area contributed by atoms with Gasteiger partial charge in [-0.05, 0) is 48.7 Å². The molecule has 0 saturated carbocycles. The Bertz CT molecular complexity index is 1160. The number of morpholine rings is 1. The van der Waals surface area contributed by atoms with Crippen LogP contribution in [-0.2, 0) is 4.74 Å². The number of methoxy groups -OCH3 is 1. The third kappa shape index (κ3) is 4.69. The van der Waals surface area contributed by atoms with E-state index < -0.39 is 5.91 Å². The molecule has 0 unspecified atom stereocenters. The number of benzene rings is 2. The lowest BCUT2D eigenvalue weighted by Gasteiger charge is -2.35. The van der Waals surface area contributed by atoms with Crippen LogP contribution in [0, 0.1) is 13.8 Å². The third-order valence-electron chi connectivity index (χ3n) is 5.83. The van der Waals surface area contributed by atoms with Crippen molar-refractivity contribution < 1.29 is 18.7 Å². The van der Waals surface area contributed by atoms with Crippen LogP contribution in [0.3, 0.4) is 0 Å². The summed E-state index contributed by atoms with van der Waals surface area (Å²) >= 11 is 0. The van der Waals surface area contributed by atoms with Crippen molar-refractivity contribution in [3.05, 3.63) is 75.1 Å². The summed E-state index contributed by atoms with van der Waals surface area (Å²) < 4.78 is 16.6. The number of carbonyl (C=O) groups is 1. The summed E-state index contributed by atoms with van der Waals surface area (Å²) in [5, 5.41) is 3.45. The molecule has 1 atom stereocenters. The Labute approximate surface area is 186 Å². The van der Waals surface area contributed by atoms with Crippen LogP contribution in [0.2, 0.25) is 0 Å².